The monoisotopic (exact) mass is 415 g/mol. The molecule has 2 aromatic carbocycles. The molecule has 0 saturated carbocycles. The van der Waals surface area contributed by atoms with Crippen LogP contribution in [0.2, 0.25) is 0 Å². The largest absolute Gasteiger partial charge is 0.284 e. The van der Waals surface area contributed by atoms with E-state index in [1.165, 1.54) is 21.7 Å². The number of anilines is 1. The van der Waals surface area contributed by atoms with E-state index in [1.807, 2.05) is 31.2 Å². The van der Waals surface area contributed by atoms with Gasteiger partial charge in [0.05, 0.1) is 15.1 Å². The Morgan fingerprint density at radius 2 is 1.89 bits per heavy atom. The van der Waals surface area contributed by atoms with Gasteiger partial charge >= 0.3 is 0 Å². The van der Waals surface area contributed by atoms with Crippen molar-refractivity contribution in [3.8, 4) is 0 Å². The SMILES string of the molecule is CCN(C(=O)c1cccc(S(=O)(=O)N2CCCC2)c1)c1nc2ccccc2s1. The summed E-state index contributed by atoms with van der Waals surface area (Å²) in [6.07, 6.45) is 1.75. The zero-order valence-corrected chi connectivity index (χ0v) is 17.2. The molecule has 0 bridgehead atoms. The van der Waals surface area contributed by atoms with E-state index in [1.54, 1.807) is 23.1 Å². The van der Waals surface area contributed by atoms with Gasteiger partial charge in [0.2, 0.25) is 10.0 Å². The van der Waals surface area contributed by atoms with Crippen molar-refractivity contribution in [2.75, 3.05) is 24.5 Å². The maximum atomic E-state index is 13.1. The van der Waals surface area contributed by atoms with Gasteiger partial charge in [0.15, 0.2) is 5.13 Å². The Labute approximate surface area is 168 Å². The molecule has 1 amide bonds. The van der Waals surface area contributed by atoms with Crippen LogP contribution in [-0.4, -0.2) is 43.2 Å². The van der Waals surface area contributed by atoms with Crippen molar-refractivity contribution in [2.24, 2.45) is 0 Å². The second-order valence-corrected chi connectivity index (χ2v) is 9.60. The smallest absolute Gasteiger partial charge is 0.260 e. The number of hydrogen-bond donors (Lipinski definition) is 0. The molecule has 0 spiro atoms. The van der Waals surface area contributed by atoms with Crippen LogP contribution in [0.5, 0.6) is 0 Å². The molecule has 0 aliphatic carbocycles. The highest BCUT2D eigenvalue weighted by atomic mass is 32.2. The molecule has 0 N–H and O–H groups in total. The van der Waals surface area contributed by atoms with Gasteiger partial charge in [-0.1, -0.05) is 29.5 Å². The number of thiazole rings is 1. The van der Waals surface area contributed by atoms with Crippen molar-refractivity contribution in [1.82, 2.24) is 9.29 Å². The van der Waals surface area contributed by atoms with Gasteiger partial charge in [-0.2, -0.15) is 4.31 Å². The van der Waals surface area contributed by atoms with Crippen molar-refractivity contribution in [1.29, 1.82) is 0 Å². The molecule has 0 radical (unpaired) electrons. The molecule has 1 fully saturated rings. The van der Waals surface area contributed by atoms with Crippen molar-refractivity contribution in [3.05, 3.63) is 54.1 Å². The Bertz CT molecular complexity index is 1090. The van der Waals surface area contributed by atoms with Crippen molar-refractivity contribution < 1.29 is 13.2 Å². The van der Waals surface area contributed by atoms with Crippen LogP contribution in [0.25, 0.3) is 10.2 Å². The van der Waals surface area contributed by atoms with Crippen LogP contribution >= 0.6 is 11.3 Å². The van der Waals surface area contributed by atoms with Gasteiger partial charge in [-0.05, 0) is 50.1 Å². The molecule has 1 aromatic heterocycles. The highest BCUT2D eigenvalue weighted by Gasteiger charge is 2.28. The number of fused-ring (bicyclic) bond motifs is 1. The topological polar surface area (TPSA) is 70.6 Å². The summed E-state index contributed by atoms with van der Waals surface area (Å²) in [5.41, 5.74) is 1.19. The van der Waals surface area contributed by atoms with Crippen molar-refractivity contribution in [2.45, 2.75) is 24.7 Å². The Kier molecular flexibility index (Phi) is 5.18. The summed E-state index contributed by atoms with van der Waals surface area (Å²) in [6.45, 7) is 3.40. The molecule has 0 unspecified atom stereocenters. The van der Waals surface area contributed by atoms with Crippen LogP contribution in [0.4, 0.5) is 5.13 Å². The average Bonchev–Trinajstić information content (AvgIpc) is 3.39. The highest BCUT2D eigenvalue weighted by molar-refractivity contribution is 7.89. The minimum atomic E-state index is -3.56. The lowest BCUT2D eigenvalue weighted by Gasteiger charge is -2.19. The van der Waals surface area contributed by atoms with Crippen LogP contribution in [0.3, 0.4) is 0 Å². The molecular formula is C20H21N3O3S2. The third-order valence-corrected chi connectivity index (χ3v) is 7.81. The molecule has 146 valence electrons. The predicted octanol–water partition coefficient (Wildman–Crippen LogP) is 3.75. The van der Waals surface area contributed by atoms with Gasteiger partial charge in [-0.15, -0.1) is 0 Å². The molecule has 8 heteroatoms. The van der Waals surface area contributed by atoms with E-state index >= 15 is 0 Å². The first-order valence-electron chi connectivity index (χ1n) is 9.28. The fraction of sp³-hybridized carbons (Fsp3) is 0.300. The fourth-order valence-electron chi connectivity index (χ4n) is 3.36. The summed E-state index contributed by atoms with van der Waals surface area (Å²) in [7, 11) is -3.56. The summed E-state index contributed by atoms with van der Waals surface area (Å²) in [6, 6.07) is 14.1. The van der Waals surface area contributed by atoms with Crippen molar-refractivity contribution in [3.63, 3.8) is 0 Å². The third-order valence-electron chi connectivity index (χ3n) is 4.86. The number of sulfonamides is 1. The number of amides is 1. The summed E-state index contributed by atoms with van der Waals surface area (Å²) >= 11 is 1.45. The lowest BCUT2D eigenvalue weighted by atomic mass is 10.2. The van der Waals surface area contributed by atoms with Crippen LogP contribution in [0.1, 0.15) is 30.1 Å². The second kappa shape index (κ2) is 7.62. The molecule has 2 heterocycles. The highest BCUT2D eigenvalue weighted by Crippen LogP contribution is 2.30. The first kappa shape index (κ1) is 19.0. The fourth-order valence-corrected chi connectivity index (χ4v) is 5.96. The standard InChI is InChI=1S/C20H21N3O3S2/c1-2-23(20-21-17-10-3-4-11-18(17)27-20)19(24)15-8-7-9-16(14-15)28(25,26)22-12-5-6-13-22/h3-4,7-11,14H,2,5-6,12-13H2,1H3. The Balaban J connectivity index is 1.66. The number of carbonyl (C=O) groups is 1. The van der Waals surface area contributed by atoms with E-state index in [9.17, 15) is 13.2 Å². The molecule has 6 nitrogen and oxygen atoms in total. The molecule has 1 aliphatic rings. The molecule has 0 atom stereocenters. The van der Waals surface area contributed by atoms with E-state index in [0.717, 1.165) is 23.1 Å². The number of nitrogens with zero attached hydrogens (tertiary/aromatic N) is 3. The normalized spacial score (nSPS) is 15.2. The third kappa shape index (κ3) is 3.43. The lowest BCUT2D eigenvalue weighted by molar-refractivity contribution is 0.0988. The molecular weight excluding hydrogens is 394 g/mol. The van der Waals surface area contributed by atoms with E-state index in [4.69, 9.17) is 0 Å². The number of rotatable bonds is 5. The molecule has 3 aromatic rings. The molecule has 1 aliphatic heterocycles. The average molecular weight is 416 g/mol. The summed E-state index contributed by atoms with van der Waals surface area (Å²) in [5, 5.41) is 0.613. The van der Waals surface area contributed by atoms with Crippen LogP contribution in [0.15, 0.2) is 53.4 Å². The molecule has 4 rings (SSSR count). The summed E-state index contributed by atoms with van der Waals surface area (Å²) in [4.78, 5) is 19.5. The second-order valence-electron chi connectivity index (χ2n) is 6.65. The van der Waals surface area contributed by atoms with E-state index in [2.05, 4.69) is 4.98 Å². The van der Waals surface area contributed by atoms with E-state index in [0.29, 0.717) is 30.3 Å². The first-order chi connectivity index (χ1) is 13.5. The molecule has 1 saturated heterocycles. The Morgan fingerprint density at radius 1 is 1.14 bits per heavy atom. The van der Waals surface area contributed by atoms with E-state index in [-0.39, 0.29) is 10.8 Å². The van der Waals surface area contributed by atoms with Crippen LogP contribution in [0, 0.1) is 0 Å². The van der Waals surface area contributed by atoms with Gasteiger partial charge in [0.25, 0.3) is 5.91 Å². The Morgan fingerprint density at radius 3 is 2.61 bits per heavy atom. The van der Waals surface area contributed by atoms with Gasteiger partial charge in [-0.3, -0.25) is 9.69 Å². The van der Waals surface area contributed by atoms with Crippen molar-refractivity contribution >= 4 is 42.6 Å². The number of aromatic nitrogens is 1. The number of para-hydroxylation sites is 1. The van der Waals surface area contributed by atoms with Crippen LogP contribution in [-0.2, 0) is 10.0 Å². The predicted molar refractivity (Wildman–Crippen MR) is 111 cm³/mol. The van der Waals surface area contributed by atoms with Gasteiger partial charge in [0, 0.05) is 25.2 Å². The zero-order valence-electron chi connectivity index (χ0n) is 15.5. The Hall–Kier alpha value is -2.29. The lowest BCUT2D eigenvalue weighted by Crippen LogP contribution is -2.31. The van der Waals surface area contributed by atoms with Gasteiger partial charge < -0.3 is 0 Å². The van der Waals surface area contributed by atoms with Crippen LogP contribution < -0.4 is 4.90 Å². The number of carbonyl (C=O) groups excluding carboxylic acids is 1. The molecule has 28 heavy (non-hydrogen) atoms. The van der Waals surface area contributed by atoms with Gasteiger partial charge in [-0.25, -0.2) is 13.4 Å². The first-order valence-corrected chi connectivity index (χ1v) is 11.5. The minimum Gasteiger partial charge on any atom is -0.284 e. The zero-order chi connectivity index (χ0) is 19.7. The maximum Gasteiger partial charge on any atom is 0.260 e. The summed E-state index contributed by atoms with van der Waals surface area (Å²) in [5.74, 6) is -0.250. The van der Waals surface area contributed by atoms with E-state index < -0.39 is 10.0 Å². The number of hydrogen-bond acceptors (Lipinski definition) is 5. The van der Waals surface area contributed by atoms with Gasteiger partial charge in [0.1, 0.15) is 0 Å². The summed E-state index contributed by atoms with van der Waals surface area (Å²) < 4.78 is 28.1. The maximum absolute atomic E-state index is 13.1. The number of benzene rings is 2. The minimum absolute atomic E-state index is 0.167. The quantitative estimate of drug-likeness (QED) is 0.636.